The van der Waals surface area contributed by atoms with Gasteiger partial charge in [0.05, 0.1) is 27.3 Å². The van der Waals surface area contributed by atoms with Gasteiger partial charge in [0.15, 0.2) is 0 Å². The fourth-order valence-corrected chi connectivity index (χ4v) is 3.05. The second kappa shape index (κ2) is 8.20. The van der Waals surface area contributed by atoms with Crippen molar-refractivity contribution in [3.63, 3.8) is 0 Å². The molecule has 2 aromatic heterocycles. The number of anilines is 1. The maximum atomic E-state index is 12.5. The molecule has 0 aliphatic rings. The second-order valence-electron chi connectivity index (χ2n) is 5.57. The molecule has 2 heterocycles. The minimum absolute atomic E-state index is 0.226. The number of benzene rings is 1. The smallest absolute Gasteiger partial charge is 0.251 e. The molecule has 1 amide bonds. The van der Waals surface area contributed by atoms with Crippen LogP contribution in [-0.4, -0.2) is 30.5 Å². The van der Waals surface area contributed by atoms with Crippen LogP contribution in [0.5, 0.6) is 0 Å². The summed E-state index contributed by atoms with van der Waals surface area (Å²) < 4.78 is 4.03. The Bertz CT molecular complexity index is 925. The van der Waals surface area contributed by atoms with Gasteiger partial charge in [0.2, 0.25) is 5.95 Å². The van der Waals surface area contributed by atoms with E-state index in [1.807, 2.05) is 13.0 Å². The molecule has 3 rings (SSSR count). The SMILES string of the molecule is CCC(C(=O)Nc1ncn(Cc2ccc(Cl)c(Cl)c2)n1)n1cc(Br)cn1. The van der Waals surface area contributed by atoms with Crippen molar-refractivity contribution in [1.82, 2.24) is 24.5 Å². The van der Waals surface area contributed by atoms with Crippen LogP contribution >= 0.6 is 39.1 Å². The number of rotatable bonds is 6. The van der Waals surface area contributed by atoms with Crippen molar-refractivity contribution in [3.8, 4) is 0 Å². The molecule has 3 aromatic rings. The van der Waals surface area contributed by atoms with Gasteiger partial charge in [-0.05, 0) is 40.0 Å². The minimum Gasteiger partial charge on any atom is -0.291 e. The fourth-order valence-electron chi connectivity index (χ4n) is 2.42. The van der Waals surface area contributed by atoms with Gasteiger partial charge < -0.3 is 0 Å². The van der Waals surface area contributed by atoms with E-state index in [9.17, 15) is 4.79 Å². The predicted octanol–water partition coefficient (Wildman–Crippen LogP) is 4.18. The summed E-state index contributed by atoms with van der Waals surface area (Å²) in [6.07, 6.45) is 5.53. The van der Waals surface area contributed by atoms with Crippen LogP contribution in [-0.2, 0) is 11.3 Å². The quantitative estimate of drug-likeness (QED) is 0.602. The van der Waals surface area contributed by atoms with E-state index in [0.29, 0.717) is 23.0 Å². The lowest BCUT2D eigenvalue weighted by molar-refractivity contribution is -0.119. The molecule has 0 aliphatic carbocycles. The van der Waals surface area contributed by atoms with E-state index in [4.69, 9.17) is 23.2 Å². The van der Waals surface area contributed by atoms with Crippen molar-refractivity contribution in [1.29, 1.82) is 0 Å². The summed E-state index contributed by atoms with van der Waals surface area (Å²) in [5.74, 6) is 0.00937. The monoisotopic (exact) mass is 456 g/mol. The van der Waals surface area contributed by atoms with Gasteiger partial charge in [0.25, 0.3) is 5.91 Å². The maximum absolute atomic E-state index is 12.5. The first kappa shape index (κ1) is 18.9. The summed E-state index contributed by atoms with van der Waals surface area (Å²) in [6.45, 7) is 2.37. The lowest BCUT2D eigenvalue weighted by Crippen LogP contribution is -2.26. The van der Waals surface area contributed by atoms with Gasteiger partial charge in [-0.25, -0.2) is 9.67 Å². The van der Waals surface area contributed by atoms with Gasteiger partial charge in [0, 0.05) is 6.20 Å². The molecule has 0 bridgehead atoms. The molecule has 1 unspecified atom stereocenters. The summed E-state index contributed by atoms with van der Waals surface area (Å²) in [7, 11) is 0. The van der Waals surface area contributed by atoms with E-state index >= 15 is 0 Å². The molecule has 1 aromatic carbocycles. The van der Waals surface area contributed by atoms with Crippen molar-refractivity contribution >= 4 is 51.0 Å². The number of amides is 1. The molecule has 0 saturated heterocycles. The Hall–Kier alpha value is -1.90. The van der Waals surface area contributed by atoms with E-state index in [0.717, 1.165) is 10.0 Å². The van der Waals surface area contributed by atoms with Crippen molar-refractivity contribution < 1.29 is 4.79 Å². The zero-order valence-electron chi connectivity index (χ0n) is 13.7. The zero-order valence-corrected chi connectivity index (χ0v) is 16.8. The Kier molecular flexibility index (Phi) is 5.95. The Labute approximate surface area is 168 Å². The van der Waals surface area contributed by atoms with Gasteiger partial charge in [0.1, 0.15) is 12.4 Å². The van der Waals surface area contributed by atoms with E-state index < -0.39 is 6.04 Å². The largest absolute Gasteiger partial charge is 0.291 e. The molecule has 10 heteroatoms. The van der Waals surface area contributed by atoms with Gasteiger partial charge in [-0.2, -0.15) is 5.10 Å². The number of hydrogen-bond acceptors (Lipinski definition) is 4. The normalized spacial score (nSPS) is 12.2. The summed E-state index contributed by atoms with van der Waals surface area (Å²) in [6, 6.07) is 4.92. The number of aromatic nitrogens is 5. The van der Waals surface area contributed by atoms with Crippen LogP contribution < -0.4 is 5.32 Å². The standard InChI is InChI=1S/C16H15BrCl2N6O/c1-2-14(25-8-11(17)6-21-25)15(26)22-16-20-9-24(23-16)7-10-3-4-12(18)13(19)5-10/h3-6,8-9,14H,2,7H2,1H3,(H,22,23,26). The topological polar surface area (TPSA) is 77.6 Å². The van der Waals surface area contributed by atoms with Crippen LogP contribution in [0.3, 0.4) is 0 Å². The summed E-state index contributed by atoms with van der Waals surface area (Å²) in [5.41, 5.74) is 0.926. The van der Waals surface area contributed by atoms with Gasteiger partial charge in [-0.15, -0.1) is 5.10 Å². The van der Waals surface area contributed by atoms with Crippen LogP contribution in [0.15, 0.2) is 41.4 Å². The molecule has 7 nitrogen and oxygen atoms in total. The van der Waals surface area contributed by atoms with Crippen LogP contribution in [0.1, 0.15) is 24.9 Å². The van der Waals surface area contributed by atoms with Gasteiger partial charge in [-0.1, -0.05) is 36.2 Å². The average Bonchev–Trinajstić information content (AvgIpc) is 3.21. The number of nitrogens with one attached hydrogen (secondary N) is 1. The van der Waals surface area contributed by atoms with E-state index in [1.165, 1.54) is 0 Å². The third-order valence-electron chi connectivity index (χ3n) is 3.68. The average molecular weight is 458 g/mol. The summed E-state index contributed by atoms with van der Waals surface area (Å²) in [4.78, 5) is 16.6. The highest BCUT2D eigenvalue weighted by Crippen LogP contribution is 2.23. The van der Waals surface area contributed by atoms with Gasteiger partial charge in [-0.3, -0.25) is 14.8 Å². The van der Waals surface area contributed by atoms with Crippen molar-refractivity contribution in [2.75, 3.05) is 5.32 Å². The van der Waals surface area contributed by atoms with E-state index in [1.54, 1.807) is 40.2 Å². The molecule has 26 heavy (non-hydrogen) atoms. The summed E-state index contributed by atoms with van der Waals surface area (Å²) >= 11 is 15.3. The molecule has 1 atom stereocenters. The molecule has 136 valence electrons. The molecular weight excluding hydrogens is 443 g/mol. The third kappa shape index (κ3) is 4.44. The second-order valence-corrected chi connectivity index (χ2v) is 7.30. The van der Waals surface area contributed by atoms with E-state index in [-0.39, 0.29) is 11.9 Å². The summed E-state index contributed by atoms with van der Waals surface area (Å²) in [5, 5.41) is 12.1. The van der Waals surface area contributed by atoms with Crippen LogP contribution in [0, 0.1) is 0 Å². The molecule has 0 spiro atoms. The Balaban J connectivity index is 1.67. The Morgan fingerprint density at radius 2 is 2.15 bits per heavy atom. The first-order chi connectivity index (χ1) is 12.5. The first-order valence-corrected chi connectivity index (χ1v) is 9.35. The van der Waals surface area contributed by atoms with Crippen LogP contribution in [0.25, 0.3) is 0 Å². The highest BCUT2D eigenvalue weighted by molar-refractivity contribution is 9.10. The van der Waals surface area contributed by atoms with Crippen molar-refractivity contribution in [2.45, 2.75) is 25.9 Å². The van der Waals surface area contributed by atoms with Crippen molar-refractivity contribution in [2.24, 2.45) is 0 Å². The molecule has 0 radical (unpaired) electrons. The molecular formula is C16H15BrCl2N6O. The third-order valence-corrected chi connectivity index (χ3v) is 4.83. The number of carbonyl (C=O) groups is 1. The number of carbonyl (C=O) groups excluding carboxylic acids is 1. The zero-order chi connectivity index (χ0) is 18.7. The highest BCUT2D eigenvalue weighted by Gasteiger charge is 2.20. The lowest BCUT2D eigenvalue weighted by Gasteiger charge is -2.13. The Morgan fingerprint density at radius 1 is 1.35 bits per heavy atom. The van der Waals surface area contributed by atoms with Crippen LogP contribution in [0.2, 0.25) is 10.0 Å². The lowest BCUT2D eigenvalue weighted by atomic mass is 10.2. The maximum Gasteiger partial charge on any atom is 0.251 e. The van der Waals surface area contributed by atoms with Crippen molar-refractivity contribution in [3.05, 3.63) is 57.0 Å². The predicted molar refractivity (Wildman–Crippen MR) is 103 cm³/mol. The van der Waals surface area contributed by atoms with E-state index in [2.05, 4.69) is 36.4 Å². The first-order valence-electron chi connectivity index (χ1n) is 7.80. The number of halogens is 3. The Morgan fingerprint density at radius 3 is 2.81 bits per heavy atom. The van der Waals surface area contributed by atoms with Gasteiger partial charge >= 0.3 is 0 Å². The molecule has 0 aliphatic heterocycles. The number of nitrogens with zero attached hydrogens (tertiary/aromatic N) is 5. The fraction of sp³-hybridized carbons (Fsp3) is 0.250. The van der Waals surface area contributed by atoms with Crippen LogP contribution in [0.4, 0.5) is 5.95 Å². The molecule has 0 fully saturated rings. The number of hydrogen-bond donors (Lipinski definition) is 1. The molecule has 0 saturated carbocycles. The molecule has 1 N–H and O–H groups in total. The minimum atomic E-state index is -0.441. The highest BCUT2D eigenvalue weighted by atomic mass is 79.9.